The molecule has 0 aliphatic carbocycles. The Labute approximate surface area is 158 Å². The lowest BCUT2D eigenvalue weighted by Gasteiger charge is -2.21. The third-order valence-corrected chi connectivity index (χ3v) is 4.18. The van der Waals surface area contributed by atoms with Gasteiger partial charge in [-0.3, -0.25) is 4.79 Å². The minimum atomic E-state index is -0.564. The summed E-state index contributed by atoms with van der Waals surface area (Å²) in [5.41, 5.74) is 2.02. The fourth-order valence-electron chi connectivity index (χ4n) is 2.69. The first kappa shape index (κ1) is 18.6. The molecule has 1 aromatic heterocycles. The van der Waals surface area contributed by atoms with Crippen LogP contribution in [-0.4, -0.2) is 40.6 Å². The van der Waals surface area contributed by atoms with Gasteiger partial charge in [0, 0.05) is 25.6 Å². The lowest BCUT2D eigenvalue weighted by atomic mass is 10.1. The Morgan fingerprint density at radius 1 is 1.19 bits per heavy atom. The number of nitrogens with zero attached hydrogens (tertiary/aromatic N) is 3. The molecule has 0 bridgehead atoms. The summed E-state index contributed by atoms with van der Waals surface area (Å²) in [5, 5.41) is 4.01. The zero-order valence-electron chi connectivity index (χ0n) is 15.8. The molecule has 1 amide bonds. The number of aromatic nitrogens is 2. The van der Waals surface area contributed by atoms with Crippen molar-refractivity contribution < 1.29 is 14.1 Å². The number of hydrogen-bond acceptors (Lipinski definition) is 5. The summed E-state index contributed by atoms with van der Waals surface area (Å²) in [6.45, 7) is 4.24. The van der Waals surface area contributed by atoms with Crippen LogP contribution in [0.15, 0.2) is 59.1 Å². The number of rotatable bonds is 7. The molecule has 0 N–H and O–H groups in total. The fourth-order valence-corrected chi connectivity index (χ4v) is 2.69. The van der Waals surface area contributed by atoms with Gasteiger partial charge in [0.15, 0.2) is 11.9 Å². The van der Waals surface area contributed by atoms with Crippen molar-refractivity contribution in [2.45, 2.75) is 26.4 Å². The molecule has 0 saturated heterocycles. The Morgan fingerprint density at radius 2 is 1.96 bits per heavy atom. The molecule has 2 aromatic carbocycles. The molecule has 140 valence electrons. The predicted octanol–water partition coefficient (Wildman–Crippen LogP) is 3.51. The molecule has 0 aliphatic rings. The molecule has 0 unspecified atom stereocenters. The Hall–Kier alpha value is -3.15. The molecule has 0 fully saturated rings. The molecule has 0 aliphatic heterocycles. The number of carbonyl (C=O) groups is 1. The second kappa shape index (κ2) is 8.49. The van der Waals surface area contributed by atoms with E-state index in [0.717, 1.165) is 11.1 Å². The van der Waals surface area contributed by atoms with Gasteiger partial charge < -0.3 is 14.2 Å². The van der Waals surface area contributed by atoms with Crippen LogP contribution in [0, 0.1) is 6.92 Å². The molecule has 3 aromatic rings. The second-order valence-electron chi connectivity index (χ2n) is 6.47. The van der Waals surface area contributed by atoms with Gasteiger partial charge in [0.2, 0.25) is 0 Å². The van der Waals surface area contributed by atoms with Crippen LogP contribution < -0.4 is 4.74 Å². The van der Waals surface area contributed by atoms with Gasteiger partial charge in [-0.05, 0) is 38.1 Å². The summed E-state index contributed by atoms with van der Waals surface area (Å²) < 4.78 is 11.0. The van der Waals surface area contributed by atoms with E-state index in [1.807, 2.05) is 61.5 Å². The number of para-hydroxylation sites is 1. The van der Waals surface area contributed by atoms with Gasteiger partial charge in [0.05, 0.1) is 0 Å². The second-order valence-corrected chi connectivity index (χ2v) is 6.47. The first-order valence-corrected chi connectivity index (χ1v) is 8.89. The van der Waals surface area contributed by atoms with Crippen molar-refractivity contribution in [3.05, 3.63) is 66.0 Å². The van der Waals surface area contributed by atoms with Crippen molar-refractivity contribution in [1.82, 2.24) is 15.0 Å². The largest absolute Gasteiger partial charge is 0.481 e. The Kier molecular flexibility index (Phi) is 5.86. The van der Waals surface area contributed by atoms with Gasteiger partial charge in [0.25, 0.3) is 11.8 Å². The SMILES string of the molecule is Cc1cccc(-c2nc(CCN(C)C(=O)[C@@H](C)Oc3ccccc3)no2)c1. The predicted molar refractivity (Wildman–Crippen MR) is 102 cm³/mol. The maximum absolute atomic E-state index is 12.5. The molecule has 1 atom stereocenters. The average molecular weight is 365 g/mol. The molecule has 6 heteroatoms. The molecule has 1 heterocycles. The maximum Gasteiger partial charge on any atom is 0.263 e. The van der Waals surface area contributed by atoms with Crippen LogP contribution in [0.5, 0.6) is 5.75 Å². The summed E-state index contributed by atoms with van der Waals surface area (Å²) in [4.78, 5) is 18.5. The Morgan fingerprint density at radius 3 is 2.70 bits per heavy atom. The number of aryl methyl sites for hydroxylation is 1. The third-order valence-electron chi connectivity index (χ3n) is 4.18. The molecule has 27 heavy (non-hydrogen) atoms. The summed E-state index contributed by atoms with van der Waals surface area (Å²) in [5.74, 6) is 1.64. The quantitative estimate of drug-likeness (QED) is 0.641. The summed E-state index contributed by atoms with van der Waals surface area (Å²) in [6.07, 6.45) is -0.0548. The molecular formula is C21H23N3O3. The van der Waals surface area contributed by atoms with E-state index in [1.54, 1.807) is 18.9 Å². The van der Waals surface area contributed by atoms with E-state index < -0.39 is 6.10 Å². The van der Waals surface area contributed by atoms with E-state index >= 15 is 0 Å². The first-order chi connectivity index (χ1) is 13.0. The number of ether oxygens (including phenoxy) is 1. The van der Waals surface area contributed by atoms with Crippen LogP contribution in [-0.2, 0) is 11.2 Å². The lowest BCUT2D eigenvalue weighted by Crippen LogP contribution is -2.39. The standard InChI is InChI=1S/C21H23N3O3/c1-15-8-7-9-17(14-15)20-22-19(23-27-20)12-13-24(3)21(25)16(2)26-18-10-5-4-6-11-18/h4-11,14,16H,12-13H2,1-3H3/t16-/m1/s1. The topological polar surface area (TPSA) is 68.5 Å². The minimum absolute atomic E-state index is 0.0961. The summed E-state index contributed by atoms with van der Waals surface area (Å²) in [7, 11) is 1.74. The summed E-state index contributed by atoms with van der Waals surface area (Å²) >= 11 is 0. The lowest BCUT2D eigenvalue weighted by molar-refractivity contribution is -0.136. The van der Waals surface area contributed by atoms with Gasteiger partial charge in [-0.1, -0.05) is 41.1 Å². The van der Waals surface area contributed by atoms with Crippen LogP contribution in [0.2, 0.25) is 0 Å². The number of likely N-dealkylation sites (N-methyl/N-ethyl adjacent to an activating group) is 1. The van der Waals surface area contributed by atoms with Crippen LogP contribution in [0.4, 0.5) is 0 Å². The zero-order valence-corrected chi connectivity index (χ0v) is 15.8. The highest BCUT2D eigenvalue weighted by Gasteiger charge is 2.20. The number of amides is 1. The van der Waals surface area contributed by atoms with Gasteiger partial charge in [0.1, 0.15) is 5.75 Å². The van der Waals surface area contributed by atoms with E-state index in [0.29, 0.717) is 30.4 Å². The Bertz CT molecular complexity index is 892. The van der Waals surface area contributed by atoms with Crippen molar-refractivity contribution in [1.29, 1.82) is 0 Å². The third kappa shape index (κ3) is 4.94. The minimum Gasteiger partial charge on any atom is -0.481 e. The van der Waals surface area contributed by atoms with Crippen LogP contribution in [0.3, 0.4) is 0 Å². The van der Waals surface area contributed by atoms with Crippen molar-refractivity contribution in [2.75, 3.05) is 13.6 Å². The molecule has 3 rings (SSSR count). The van der Waals surface area contributed by atoms with Crippen molar-refractivity contribution >= 4 is 5.91 Å². The van der Waals surface area contributed by atoms with Gasteiger partial charge >= 0.3 is 0 Å². The van der Waals surface area contributed by atoms with E-state index in [2.05, 4.69) is 10.1 Å². The zero-order chi connectivity index (χ0) is 19.2. The molecule has 6 nitrogen and oxygen atoms in total. The van der Waals surface area contributed by atoms with Crippen molar-refractivity contribution in [3.8, 4) is 17.2 Å². The fraction of sp³-hybridized carbons (Fsp3) is 0.286. The maximum atomic E-state index is 12.5. The molecule has 0 spiro atoms. The van der Waals surface area contributed by atoms with E-state index in [1.165, 1.54) is 0 Å². The van der Waals surface area contributed by atoms with E-state index in [-0.39, 0.29) is 5.91 Å². The van der Waals surface area contributed by atoms with E-state index in [9.17, 15) is 4.79 Å². The van der Waals surface area contributed by atoms with Gasteiger partial charge in [-0.25, -0.2) is 0 Å². The highest BCUT2D eigenvalue weighted by molar-refractivity contribution is 5.80. The van der Waals surface area contributed by atoms with Gasteiger partial charge in [-0.15, -0.1) is 0 Å². The highest BCUT2D eigenvalue weighted by atomic mass is 16.5. The number of carbonyl (C=O) groups excluding carboxylic acids is 1. The van der Waals surface area contributed by atoms with Gasteiger partial charge in [-0.2, -0.15) is 4.98 Å². The van der Waals surface area contributed by atoms with Crippen LogP contribution in [0.25, 0.3) is 11.5 Å². The average Bonchev–Trinajstić information content (AvgIpc) is 3.15. The highest BCUT2D eigenvalue weighted by Crippen LogP contribution is 2.18. The molecular weight excluding hydrogens is 342 g/mol. The van der Waals surface area contributed by atoms with Crippen molar-refractivity contribution in [2.24, 2.45) is 0 Å². The van der Waals surface area contributed by atoms with Crippen molar-refractivity contribution in [3.63, 3.8) is 0 Å². The molecule has 0 radical (unpaired) electrons. The normalized spacial score (nSPS) is 11.8. The number of benzene rings is 2. The monoisotopic (exact) mass is 365 g/mol. The summed E-state index contributed by atoms with van der Waals surface area (Å²) in [6, 6.07) is 17.2. The first-order valence-electron chi connectivity index (χ1n) is 8.89. The number of hydrogen-bond donors (Lipinski definition) is 0. The van der Waals surface area contributed by atoms with Crippen LogP contribution in [0.1, 0.15) is 18.3 Å². The van der Waals surface area contributed by atoms with E-state index in [4.69, 9.17) is 9.26 Å². The molecule has 0 saturated carbocycles. The smallest absolute Gasteiger partial charge is 0.263 e. The Balaban J connectivity index is 1.54. The van der Waals surface area contributed by atoms with Crippen LogP contribution >= 0.6 is 0 Å².